The van der Waals surface area contributed by atoms with Gasteiger partial charge in [-0.15, -0.1) is 13.2 Å². The van der Waals surface area contributed by atoms with Gasteiger partial charge in [-0.1, -0.05) is 45.4 Å². The summed E-state index contributed by atoms with van der Waals surface area (Å²) in [6, 6.07) is 3.11. The van der Waals surface area contributed by atoms with E-state index in [-0.39, 0.29) is 44.6 Å². The van der Waals surface area contributed by atoms with E-state index in [0.29, 0.717) is 24.6 Å². The number of ether oxygens (including phenoxy) is 4. The highest BCUT2D eigenvalue weighted by atomic mass is 19.4. The predicted molar refractivity (Wildman–Crippen MR) is 156 cm³/mol. The lowest BCUT2D eigenvalue weighted by molar-refractivity contribution is -0.329. The average molecular weight is 703 g/mol. The van der Waals surface area contributed by atoms with Crippen molar-refractivity contribution >= 4 is 0 Å². The molecule has 1 heterocycles. The van der Waals surface area contributed by atoms with Gasteiger partial charge in [0, 0.05) is 11.6 Å². The molecule has 14 heteroatoms. The summed E-state index contributed by atoms with van der Waals surface area (Å²) in [4.78, 5) is 0. The molecule has 0 aromatic heterocycles. The van der Waals surface area contributed by atoms with Crippen LogP contribution in [0, 0.1) is 29.3 Å². The fraction of sp³-hybridized carbons (Fsp3) is 0.647. The van der Waals surface area contributed by atoms with Crippen molar-refractivity contribution in [2.75, 3.05) is 6.61 Å². The summed E-state index contributed by atoms with van der Waals surface area (Å²) < 4.78 is 159. The van der Waals surface area contributed by atoms with Crippen molar-refractivity contribution in [3.63, 3.8) is 0 Å². The van der Waals surface area contributed by atoms with Gasteiger partial charge in [-0.2, -0.15) is 17.6 Å². The van der Waals surface area contributed by atoms with Crippen molar-refractivity contribution in [1.29, 1.82) is 0 Å². The van der Waals surface area contributed by atoms with Gasteiger partial charge in [-0.05, 0) is 80.7 Å². The number of hydrogen-bond donors (Lipinski definition) is 0. The van der Waals surface area contributed by atoms with Crippen molar-refractivity contribution in [2.24, 2.45) is 11.8 Å². The average Bonchev–Trinajstić information content (AvgIpc) is 3.00. The minimum absolute atomic E-state index is 0.0922. The van der Waals surface area contributed by atoms with Crippen LogP contribution >= 0.6 is 0 Å². The van der Waals surface area contributed by atoms with E-state index in [0.717, 1.165) is 31.4 Å². The Morgan fingerprint density at radius 3 is 1.94 bits per heavy atom. The minimum Gasteiger partial charge on any atom is -0.432 e. The monoisotopic (exact) mass is 702 g/mol. The number of unbranched alkanes of at least 4 members (excludes halogenated alkanes) is 5. The van der Waals surface area contributed by atoms with Crippen LogP contribution < -0.4 is 9.47 Å². The van der Waals surface area contributed by atoms with Gasteiger partial charge in [-0.3, -0.25) is 0 Å². The second-order valence-corrected chi connectivity index (χ2v) is 12.6. The van der Waals surface area contributed by atoms with Crippen molar-refractivity contribution in [2.45, 2.75) is 121 Å². The second-order valence-electron chi connectivity index (χ2n) is 12.6. The molecule has 2 fully saturated rings. The van der Waals surface area contributed by atoms with Crippen LogP contribution in [0.4, 0.5) is 43.9 Å². The molecule has 0 N–H and O–H groups in total. The standard InChI is InChI=1S/C34H40F10O4/c1-2-3-4-5-6-7-8-21-9-16-30(45-20-21)33(40,41)46-24-12-10-23(11-13-24)32(38,39)47-25-14-15-26(27(35)19-25)22-17-28(36)31(29(37)18-22)48-34(42,43)44/h14-15,17-19,21,23-24,30H,2-13,16,20H2,1H3. The maximum atomic E-state index is 15.0. The van der Waals surface area contributed by atoms with Gasteiger partial charge in [0.05, 0.1) is 18.6 Å². The van der Waals surface area contributed by atoms with Gasteiger partial charge in [0.1, 0.15) is 17.7 Å². The van der Waals surface area contributed by atoms with E-state index in [9.17, 15) is 35.1 Å². The largest absolute Gasteiger partial charge is 0.573 e. The third-order valence-electron chi connectivity index (χ3n) is 8.91. The SMILES string of the molecule is CCCCCCCCC1CCC(C(F)(F)OC2CCC(C(F)(F)Oc3ccc(-c4cc(F)c(OC(F)(F)F)c(F)c4)c(F)c3)CC2)OC1. The highest BCUT2D eigenvalue weighted by Gasteiger charge is 2.49. The third-order valence-corrected chi connectivity index (χ3v) is 8.91. The van der Waals surface area contributed by atoms with Gasteiger partial charge >= 0.3 is 18.6 Å². The molecule has 2 atom stereocenters. The zero-order valence-corrected chi connectivity index (χ0v) is 26.5. The van der Waals surface area contributed by atoms with E-state index in [1.807, 2.05) is 0 Å². The van der Waals surface area contributed by atoms with Crippen LogP contribution in [0.2, 0.25) is 0 Å². The highest BCUT2D eigenvalue weighted by Crippen LogP contribution is 2.42. The Kier molecular flexibility index (Phi) is 12.9. The van der Waals surface area contributed by atoms with Gasteiger partial charge in [0.15, 0.2) is 11.6 Å². The summed E-state index contributed by atoms with van der Waals surface area (Å²) in [5.74, 6) is -8.30. The van der Waals surface area contributed by atoms with E-state index in [4.69, 9.17) is 14.2 Å². The number of halogens is 10. The van der Waals surface area contributed by atoms with Crippen molar-refractivity contribution < 1.29 is 62.9 Å². The van der Waals surface area contributed by atoms with E-state index in [1.54, 1.807) is 0 Å². The molecule has 2 aliphatic rings. The Labute approximate surface area is 273 Å². The molecule has 0 radical (unpaired) electrons. The van der Waals surface area contributed by atoms with Crippen molar-refractivity contribution in [1.82, 2.24) is 0 Å². The van der Waals surface area contributed by atoms with Gasteiger partial charge in [0.2, 0.25) is 5.75 Å². The fourth-order valence-corrected chi connectivity index (χ4v) is 6.29. The minimum atomic E-state index is -5.38. The molecule has 2 aromatic rings. The molecule has 2 unspecified atom stereocenters. The molecule has 0 spiro atoms. The highest BCUT2D eigenvalue weighted by molar-refractivity contribution is 5.66. The Bertz CT molecular complexity index is 1300. The molecule has 270 valence electrons. The zero-order valence-electron chi connectivity index (χ0n) is 26.5. The summed E-state index contributed by atoms with van der Waals surface area (Å²) in [6.45, 7) is 2.38. The Hall–Kier alpha value is -2.74. The maximum absolute atomic E-state index is 15.0. The molecule has 0 bridgehead atoms. The van der Waals surface area contributed by atoms with Crippen LogP contribution in [0.3, 0.4) is 0 Å². The predicted octanol–water partition coefficient (Wildman–Crippen LogP) is 11.4. The molecule has 1 saturated heterocycles. The first kappa shape index (κ1) is 38.1. The molecule has 0 amide bonds. The smallest absolute Gasteiger partial charge is 0.432 e. The first-order valence-corrected chi connectivity index (χ1v) is 16.4. The summed E-state index contributed by atoms with van der Waals surface area (Å²) in [5, 5.41) is 0. The van der Waals surface area contributed by atoms with E-state index >= 15 is 8.78 Å². The normalized spacial score (nSPS) is 22.5. The van der Waals surface area contributed by atoms with E-state index in [2.05, 4.69) is 11.7 Å². The first-order chi connectivity index (χ1) is 22.6. The molecule has 1 aliphatic heterocycles. The van der Waals surface area contributed by atoms with Crippen LogP contribution in [0.15, 0.2) is 30.3 Å². The Morgan fingerprint density at radius 2 is 1.35 bits per heavy atom. The molecule has 4 nitrogen and oxygen atoms in total. The topological polar surface area (TPSA) is 36.9 Å². The lowest BCUT2D eigenvalue weighted by Gasteiger charge is -2.38. The maximum Gasteiger partial charge on any atom is 0.573 e. The van der Waals surface area contributed by atoms with Crippen molar-refractivity contribution in [3.8, 4) is 22.6 Å². The van der Waals surface area contributed by atoms with E-state index in [1.165, 1.54) is 25.7 Å². The lowest BCUT2D eigenvalue weighted by Crippen LogP contribution is -2.46. The van der Waals surface area contributed by atoms with Crippen LogP contribution in [-0.4, -0.2) is 37.4 Å². The Balaban J connectivity index is 1.25. The summed E-state index contributed by atoms with van der Waals surface area (Å²) in [6.07, 6.45) is -7.18. The van der Waals surface area contributed by atoms with Crippen LogP contribution in [-0.2, 0) is 9.47 Å². The number of hydrogen-bond acceptors (Lipinski definition) is 4. The van der Waals surface area contributed by atoms with Gasteiger partial charge < -0.3 is 18.9 Å². The lowest BCUT2D eigenvalue weighted by atomic mass is 9.86. The fourth-order valence-electron chi connectivity index (χ4n) is 6.29. The van der Waals surface area contributed by atoms with E-state index < -0.39 is 76.8 Å². The first-order valence-electron chi connectivity index (χ1n) is 16.4. The Morgan fingerprint density at radius 1 is 0.708 bits per heavy atom. The number of alkyl halides is 7. The summed E-state index contributed by atoms with van der Waals surface area (Å²) in [7, 11) is 0. The third kappa shape index (κ3) is 10.6. The zero-order chi connectivity index (χ0) is 35.1. The second kappa shape index (κ2) is 16.3. The molecular weight excluding hydrogens is 662 g/mol. The summed E-state index contributed by atoms with van der Waals surface area (Å²) >= 11 is 0. The van der Waals surface area contributed by atoms with Crippen LogP contribution in [0.1, 0.15) is 90.4 Å². The van der Waals surface area contributed by atoms with Gasteiger partial charge in [-0.25, -0.2) is 13.2 Å². The molecule has 4 rings (SSSR count). The molecule has 1 saturated carbocycles. The van der Waals surface area contributed by atoms with Crippen molar-refractivity contribution in [3.05, 3.63) is 47.8 Å². The summed E-state index contributed by atoms with van der Waals surface area (Å²) in [5.41, 5.74) is -1.02. The number of rotatable bonds is 15. The molecular formula is C34H40F10O4. The van der Waals surface area contributed by atoms with Crippen LogP contribution in [0.5, 0.6) is 11.5 Å². The molecule has 2 aromatic carbocycles. The van der Waals surface area contributed by atoms with Crippen LogP contribution in [0.25, 0.3) is 11.1 Å². The quantitative estimate of drug-likeness (QED) is 0.137. The van der Waals surface area contributed by atoms with Gasteiger partial charge in [0.25, 0.3) is 0 Å². The molecule has 48 heavy (non-hydrogen) atoms. The number of benzene rings is 2. The molecule has 1 aliphatic carbocycles.